The first-order chi connectivity index (χ1) is 23.2. The first-order valence-corrected chi connectivity index (χ1v) is 16.0. The molecule has 3 aromatic rings. The quantitative estimate of drug-likeness (QED) is 0.180. The summed E-state index contributed by atoms with van der Waals surface area (Å²) in [5.41, 5.74) is 1.98. The van der Waals surface area contributed by atoms with Crippen LogP contribution in [0, 0.1) is 19.3 Å². The van der Waals surface area contributed by atoms with Gasteiger partial charge in [-0.3, -0.25) is 24.1 Å². The predicted octanol–water partition coefficient (Wildman–Crippen LogP) is 5.47. The maximum Gasteiger partial charge on any atom is 0.330 e. The van der Waals surface area contributed by atoms with Gasteiger partial charge in [-0.1, -0.05) is 75.7 Å². The van der Waals surface area contributed by atoms with E-state index in [0.29, 0.717) is 22.8 Å². The van der Waals surface area contributed by atoms with Crippen LogP contribution >= 0.6 is 0 Å². The van der Waals surface area contributed by atoms with E-state index in [2.05, 4.69) is 10.6 Å². The molecular weight excluding hydrogens is 628 g/mol. The average molecular weight is 673 g/mol. The summed E-state index contributed by atoms with van der Waals surface area (Å²) in [5, 5.41) is 5.48. The van der Waals surface area contributed by atoms with E-state index in [9.17, 15) is 24.0 Å². The lowest BCUT2D eigenvalue weighted by Gasteiger charge is -2.29. The second kappa shape index (κ2) is 15.3. The zero-order valence-electron chi connectivity index (χ0n) is 29.2. The van der Waals surface area contributed by atoms with E-state index < -0.39 is 53.3 Å². The molecule has 5 amide bonds. The summed E-state index contributed by atoms with van der Waals surface area (Å²) < 4.78 is 16.9. The van der Waals surface area contributed by atoms with Gasteiger partial charge in [0.05, 0.1) is 19.3 Å². The summed E-state index contributed by atoms with van der Waals surface area (Å²) in [7, 11) is 2.67. The molecule has 4 rings (SSSR count). The number of Topliss-reactive ketones (excluding diaryl/α,β-unsaturated/α-hetero) is 1. The minimum atomic E-state index is -1.84. The van der Waals surface area contributed by atoms with E-state index >= 15 is 0 Å². The van der Waals surface area contributed by atoms with Gasteiger partial charge < -0.3 is 24.8 Å². The van der Waals surface area contributed by atoms with Crippen LogP contribution in [-0.4, -0.2) is 71.9 Å². The molecule has 260 valence electrons. The van der Waals surface area contributed by atoms with Gasteiger partial charge in [0.2, 0.25) is 6.23 Å². The fourth-order valence-corrected chi connectivity index (χ4v) is 5.46. The van der Waals surface area contributed by atoms with Crippen LogP contribution in [0.2, 0.25) is 0 Å². The van der Waals surface area contributed by atoms with Crippen molar-refractivity contribution in [2.75, 3.05) is 24.9 Å². The number of aryl methyl sites for hydroxylation is 2. The number of nitrogens with zero attached hydrogens (tertiary/aromatic N) is 2. The van der Waals surface area contributed by atoms with Gasteiger partial charge in [-0.2, -0.15) is 0 Å². The van der Waals surface area contributed by atoms with Crippen molar-refractivity contribution >= 4 is 40.9 Å². The van der Waals surface area contributed by atoms with Crippen LogP contribution in [0.1, 0.15) is 50.8 Å². The minimum absolute atomic E-state index is 0.0139. The minimum Gasteiger partial charge on any atom is -0.495 e. The molecule has 1 heterocycles. The molecule has 2 N–H and O–H groups in total. The molecule has 1 aliphatic rings. The Kier molecular flexibility index (Phi) is 11.5. The van der Waals surface area contributed by atoms with Gasteiger partial charge >= 0.3 is 6.03 Å². The Morgan fingerprint density at radius 2 is 1.55 bits per heavy atom. The van der Waals surface area contributed by atoms with E-state index in [-0.39, 0.29) is 18.0 Å². The van der Waals surface area contributed by atoms with Crippen LogP contribution < -0.4 is 20.1 Å². The van der Waals surface area contributed by atoms with E-state index in [1.807, 2.05) is 45.0 Å². The van der Waals surface area contributed by atoms with Gasteiger partial charge in [0.25, 0.3) is 17.7 Å². The summed E-state index contributed by atoms with van der Waals surface area (Å²) in [6.07, 6.45) is -1.77. The van der Waals surface area contributed by atoms with Crippen molar-refractivity contribution in [3.8, 4) is 11.5 Å². The Balaban J connectivity index is 1.61. The second-order valence-electron chi connectivity index (χ2n) is 12.9. The monoisotopic (exact) mass is 672 g/mol. The maximum atomic E-state index is 14.1. The fourth-order valence-electron chi connectivity index (χ4n) is 5.46. The number of anilines is 2. The van der Waals surface area contributed by atoms with E-state index in [1.54, 1.807) is 51.1 Å². The predicted molar refractivity (Wildman–Crippen MR) is 184 cm³/mol. The maximum absolute atomic E-state index is 14.1. The molecule has 49 heavy (non-hydrogen) atoms. The third-order valence-corrected chi connectivity index (χ3v) is 8.08. The molecule has 1 fully saturated rings. The van der Waals surface area contributed by atoms with Gasteiger partial charge in [-0.15, -0.1) is 0 Å². The first-order valence-electron chi connectivity index (χ1n) is 16.0. The summed E-state index contributed by atoms with van der Waals surface area (Å²) >= 11 is 0. The summed E-state index contributed by atoms with van der Waals surface area (Å²) in [4.78, 5) is 70.5. The van der Waals surface area contributed by atoms with Crippen molar-refractivity contribution in [3.63, 3.8) is 0 Å². The largest absolute Gasteiger partial charge is 0.495 e. The number of urea groups is 1. The molecular formula is C37H44N4O8. The van der Waals surface area contributed by atoms with Gasteiger partial charge in [0, 0.05) is 18.2 Å². The van der Waals surface area contributed by atoms with Crippen molar-refractivity contribution in [3.05, 3.63) is 83.4 Å². The fraction of sp³-hybridized carbons (Fsp3) is 0.378. The molecule has 12 heteroatoms. The number of imide groups is 1. The molecule has 0 aromatic heterocycles. The lowest BCUT2D eigenvalue weighted by molar-refractivity contribution is -0.148. The number of ether oxygens (including phenoxy) is 3. The number of hydrogen-bond donors (Lipinski definition) is 2. The molecule has 3 aromatic carbocycles. The molecule has 12 nitrogen and oxygen atoms in total. The number of rotatable bonds is 13. The van der Waals surface area contributed by atoms with Crippen LogP contribution in [0.4, 0.5) is 16.2 Å². The van der Waals surface area contributed by atoms with E-state index in [0.717, 1.165) is 16.7 Å². The van der Waals surface area contributed by atoms with Gasteiger partial charge in [-0.25, -0.2) is 9.69 Å². The normalized spacial score (nSPS) is 15.9. The number of nitrogens with one attached hydrogen (secondary N) is 2. The Labute approximate surface area is 286 Å². The highest BCUT2D eigenvalue weighted by Crippen LogP contribution is 2.32. The number of ketones is 1. The smallest absolute Gasteiger partial charge is 0.330 e. The molecule has 1 aliphatic heterocycles. The highest BCUT2D eigenvalue weighted by Gasteiger charge is 2.54. The second-order valence-corrected chi connectivity index (χ2v) is 12.9. The Morgan fingerprint density at radius 1 is 0.878 bits per heavy atom. The molecule has 3 atom stereocenters. The van der Waals surface area contributed by atoms with Crippen molar-refractivity contribution < 1.29 is 38.2 Å². The van der Waals surface area contributed by atoms with Crippen LogP contribution in [0.5, 0.6) is 11.5 Å². The molecule has 0 aliphatic carbocycles. The summed E-state index contributed by atoms with van der Waals surface area (Å²) in [6.45, 7) is 10.5. The van der Waals surface area contributed by atoms with Crippen LogP contribution in [0.15, 0.2) is 66.7 Å². The number of benzene rings is 3. The highest BCUT2D eigenvalue weighted by atomic mass is 16.5. The van der Waals surface area contributed by atoms with Gasteiger partial charge in [-0.05, 0) is 55.7 Å². The van der Waals surface area contributed by atoms with E-state index in [1.165, 1.54) is 31.3 Å². The van der Waals surface area contributed by atoms with Gasteiger partial charge in [0.1, 0.15) is 11.5 Å². The van der Waals surface area contributed by atoms with Crippen molar-refractivity contribution in [2.24, 2.45) is 5.41 Å². The third kappa shape index (κ3) is 8.26. The lowest BCUT2D eigenvalue weighted by Crippen LogP contribution is -2.55. The topological polar surface area (TPSA) is 144 Å². The Bertz CT molecular complexity index is 1720. The number of carbonyl (C=O) groups excluding carboxylic acids is 5. The van der Waals surface area contributed by atoms with Crippen LogP contribution in [-0.2, 0) is 30.5 Å². The molecule has 0 bridgehead atoms. The zero-order chi connectivity index (χ0) is 36.0. The number of carbonyl (C=O) groups is 5. The lowest BCUT2D eigenvalue weighted by atomic mass is 9.85. The average Bonchev–Trinajstić information content (AvgIpc) is 3.28. The summed E-state index contributed by atoms with van der Waals surface area (Å²) in [5.74, 6) is -2.06. The van der Waals surface area contributed by atoms with Gasteiger partial charge in [0.15, 0.2) is 17.9 Å². The summed E-state index contributed by atoms with van der Waals surface area (Å²) in [6, 6.07) is 16.6. The number of hydrogen-bond acceptors (Lipinski definition) is 8. The van der Waals surface area contributed by atoms with E-state index in [4.69, 9.17) is 14.2 Å². The SMILES string of the molecule is CCC(Oc1ccc(C)cc1C)C(=O)Nc1ccc(OC)c(NC(=O)C(C(=O)C(C)(C)C)N2C(=O)C(OC)N(Cc3ccccc3)C2=O)c1. The van der Waals surface area contributed by atoms with Crippen LogP contribution in [0.3, 0.4) is 0 Å². The van der Waals surface area contributed by atoms with Crippen LogP contribution in [0.25, 0.3) is 0 Å². The van der Waals surface area contributed by atoms with Crippen molar-refractivity contribution in [1.29, 1.82) is 0 Å². The standard InChI is InChI=1S/C37H44N4O8/c1-9-27(49-28-17-15-22(2)19-23(28)3)32(43)38-25-16-18-29(47-7)26(20-25)39-33(44)30(31(42)37(4,5)6)41-34(45)35(48-8)40(36(41)46)21-24-13-11-10-12-14-24/h10-20,27,30,35H,9,21H2,1-8H3,(H,38,43)(H,39,44). The zero-order valence-corrected chi connectivity index (χ0v) is 29.2. The highest BCUT2D eigenvalue weighted by molar-refractivity contribution is 6.19. The Hall–Kier alpha value is -5.23. The molecule has 3 unspecified atom stereocenters. The van der Waals surface area contributed by atoms with Crippen molar-refractivity contribution in [2.45, 2.75) is 72.9 Å². The van der Waals surface area contributed by atoms with Crippen molar-refractivity contribution in [1.82, 2.24) is 9.80 Å². The molecule has 1 saturated heterocycles. The molecule has 0 spiro atoms. The molecule has 0 saturated carbocycles. The molecule has 0 radical (unpaired) electrons. The third-order valence-electron chi connectivity index (χ3n) is 8.08. The number of methoxy groups -OCH3 is 2. The Morgan fingerprint density at radius 3 is 2.14 bits per heavy atom. The number of amides is 5. The first kappa shape index (κ1) is 36.6.